The molecule has 2 heteroatoms. The first-order valence-corrected chi connectivity index (χ1v) is 7.36. The minimum atomic E-state index is 0.547. The lowest BCUT2D eigenvalue weighted by Gasteiger charge is -2.38. The van der Waals surface area contributed by atoms with Crippen molar-refractivity contribution in [1.29, 1.82) is 0 Å². The molecule has 0 N–H and O–H groups in total. The van der Waals surface area contributed by atoms with E-state index in [-0.39, 0.29) is 0 Å². The van der Waals surface area contributed by atoms with Crippen molar-refractivity contribution in [2.24, 2.45) is 0 Å². The molecule has 2 aromatic rings. The second kappa shape index (κ2) is 5.30. The zero-order chi connectivity index (χ0) is 13.2. The maximum absolute atomic E-state index is 4.62. The second-order valence-electron chi connectivity index (χ2n) is 5.80. The zero-order valence-corrected chi connectivity index (χ0v) is 11.8. The smallest absolute Gasteiger partial charge is 0.0702 e. The summed E-state index contributed by atoms with van der Waals surface area (Å²) in [5.74, 6) is 0. The first kappa shape index (κ1) is 12.6. The van der Waals surface area contributed by atoms with E-state index in [2.05, 4.69) is 60.3 Å². The van der Waals surface area contributed by atoms with Crippen LogP contribution in [0.2, 0.25) is 0 Å². The van der Waals surface area contributed by atoms with Crippen LogP contribution in [-0.4, -0.2) is 22.5 Å². The molecule has 2 heterocycles. The summed E-state index contributed by atoms with van der Waals surface area (Å²) in [6.45, 7) is 5.81. The third-order valence-electron chi connectivity index (χ3n) is 4.20. The minimum Gasteiger partial charge on any atom is -0.294 e. The number of nitrogens with zero attached hydrogens (tertiary/aromatic N) is 2. The van der Waals surface area contributed by atoms with Crippen LogP contribution in [0.15, 0.2) is 36.5 Å². The standard InChI is InChI=1S/C17H22N2/c1-13(2)19-10-6-5-9-17(19)15-11-14-7-3-4-8-16(14)18-12-15/h3-4,7-8,11-13,17H,5-6,9-10H2,1-2H3. The molecule has 0 radical (unpaired) electrons. The number of likely N-dealkylation sites (tertiary alicyclic amines) is 1. The summed E-state index contributed by atoms with van der Waals surface area (Å²) in [4.78, 5) is 7.24. The number of fused-ring (bicyclic) bond motifs is 1. The van der Waals surface area contributed by atoms with Gasteiger partial charge in [0.15, 0.2) is 0 Å². The summed E-state index contributed by atoms with van der Waals surface area (Å²) in [7, 11) is 0. The van der Waals surface area contributed by atoms with Gasteiger partial charge in [0.05, 0.1) is 5.52 Å². The van der Waals surface area contributed by atoms with Gasteiger partial charge in [-0.2, -0.15) is 0 Å². The molecule has 0 spiro atoms. The molecule has 0 aliphatic carbocycles. The van der Waals surface area contributed by atoms with E-state index in [0.29, 0.717) is 12.1 Å². The number of rotatable bonds is 2. The Morgan fingerprint density at radius 2 is 2.05 bits per heavy atom. The molecule has 0 saturated carbocycles. The number of hydrogen-bond acceptors (Lipinski definition) is 2. The fourth-order valence-electron chi connectivity index (χ4n) is 3.20. The van der Waals surface area contributed by atoms with Crippen LogP contribution >= 0.6 is 0 Å². The predicted molar refractivity (Wildman–Crippen MR) is 80.2 cm³/mol. The predicted octanol–water partition coefficient (Wildman–Crippen LogP) is 4.17. The molecule has 1 fully saturated rings. The van der Waals surface area contributed by atoms with Gasteiger partial charge < -0.3 is 0 Å². The van der Waals surface area contributed by atoms with E-state index in [1.165, 1.54) is 36.8 Å². The molecule has 0 amide bonds. The molecular formula is C17H22N2. The summed E-state index contributed by atoms with van der Waals surface area (Å²) < 4.78 is 0. The van der Waals surface area contributed by atoms with Crippen molar-refractivity contribution in [3.63, 3.8) is 0 Å². The summed E-state index contributed by atoms with van der Waals surface area (Å²) in [6, 6.07) is 11.9. The van der Waals surface area contributed by atoms with Crippen molar-refractivity contribution in [3.8, 4) is 0 Å². The van der Waals surface area contributed by atoms with Crippen LogP contribution in [-0.2, 0) is 0 Å². The van der Waals surface area contributed by atoms with Crippen molar-refractivity contribution in [2.45, 2.75) is 45.2 Å². The first-order chi connectivity index (χ1) is 9.25. The van der Waals surface area contributed by atoms with E-state index < -0.39 is 0 Å². The summed E-state index contributed by atoms with van der Waals surface area (Å²) in [6.07, 6.45) is 6.00. The monoisotopic (exact) mass is 254 g/mol. The van der Waals surface area contributed by atoms with E-state index in [4.69, 9.17) is 0 Å². The first-order valence-electron chi connectivity index (χ1n) is 7.36. The Balaban J connectivity index is 1.97. The third-order valence-corrected chi connectivity index (χ3v) is 4.20. The maximum Gasteiger partial charge on any atom is 0.0702 e. The maximum atomic E-state index is 4.62. The second-order valence-corrected chi connectivity index (χ2v) is 5.80. The normalized spacial score (nSPS) is 21.1. The average Bonchev–Trinajstić information content (AvgIpc) is 2.46. The van der Waals surface area contributed by atoms with Crippen LogP contribution in [0.1, 0.15) is 44.7 Å². The summed E-state index contributed by atoms with van der Waals surface area (Å²) in [5, 5.41) is 1.26. The number of para-hydroxylation sites is 1. The molecule has 2 nitrogen and oxygen atoms in total. The Bertz CT molecular complexity index is 562. The molecule has 1 aliphatic heterocycles. The molecule has 100 valence electrons. The number of piperidine rings is 1. The lowest BCUT2D eigenvalue weighted by molar-refractivity contribution is 0.112. The van der Waals surface area contributed by atoms with Crippen LogP contribution in [0.3, 0.4) is 0 Å². The van der Waals surface area contributed by atoms with E-state index in [1.54, 1.807) is 0 Å². The van der Waals surface area contributed by atoms with Gasteiger partial charge in [-0.3, -0.25) is 9.88 Å². The summed E-state index contributed by atoms with van der Waals surface area (Å²) >= 11 is 0. The fourth-order valence-corrected chi connectivity index (χ4v) is 3.20. The molecule has 1 unspecified atom stereocenters. The zero-order valence-electron chi connectivity index (χ0n) is 11.8. The van der Waals surface area contributed by atoms with Gasteiger partial charge in [0.2, 0.25) is 0 Å². The van der Waals surface area contributed by atoms with Gasteiger partial charge in [-0.1, -0.05) is 24.6 Å². The van der Waals surface area contributed by atoms with Crippen molar-refractivity contribution in [3.05, 3.63) is 42.1 Å². The molecule has 0 bridgehead atoms. The van der Waals surface area contributed by atoms with Crippen LogP contribution in [0, 0.1) is 0 Å². The van der Waals surface area contributed by atoms with Gasteiger partial charge in [0.25, 0.3) is 0 Å². The average molecular weight is 254 g/mol. The van der Waals surface area contributed by atoms with Crippen LogP contribution in [0.5, 0.6) is 0 Å². The molecule has 1 atom stereocenters. The van der Waals surface area contributed by atoms with Crippen molar-refractivity contribution < 1.29 is 0 Å². The Kier molecular flexibility index (Phi) is 3.52. The Hall–Kier alpha value is -1.41. The van der Waals surface area contributed by atoms with Gasteiger partial charge in [0, 0.05) is 23.7 Å². The number of hydrogen-bond donors (Lipinski definition) is 0. The van der Waals surface area contributed by atoms with Gasteiger partial charge in [-0.25, -0.2) is 0 Å². The number of benzene rings is 1. The Morgan fingerprint density at radius 1 is 1.21 bits per heavy atom. The van der Waals surface area contributed by atoms with Crippen LogP contribution in [0.4, 0.5) is 0 Å². The van der Waals surface area contributed by atoms with Crippen molar-refractivity contribution in [1.82, 2.24) is 9.88 Å². The topological polar surface area (TPSA) is 16.1 Å². The van der Waals surface area contributed by atoms with Crippen LogP contribution in [0.25, 0.3) is 10.9 Å². The molecular weight excluding hydrogens is 232 g/mol. The molecule has 1 saturated heterocycles. The SMILES string of the molecule is CC(C)N1CCCCC1c1cnc2ccccc2c1. The van der Waals surface area contributed by atoms with Gasteiger partial charge in [-0.15, -0.1) is 0 Å². The third kappa shape index (κ3) is 2.50. The number of aromatic nitrogens is 1. The Morgan fingerprint density at radius 3 is 2.89 bits per heavy atom. The molecule has 1 aromatic heterocycles. The highest BCUT2D eigenvalue weighted by Crippen LogP contribution is 2.33. The van der Waals surface area contributed by atoms with E-state index in [0.717, 1.165) is 5.52 Å². The largest absolute Gasteiger partial charge is 0.294 e. The molecule has 1 aliphatic rings. The van der Waals surface area contributed by atoms with E-state index in [1.807, 2.05) is 0 Å². The van der Waals surface area contributed by atoms with Gasteiger partial charge in [0.1, 0.15) is 0 Å². The molecule has 19 heavy (non-hydrogen) atoms. The van der Waals surface area contributed by atoms with Crippen LogP contribution < -0.4 is 0 Å². The lowest BCUT2D eigenvalue weighted by atomic mass is 9.94. The molecule has 3 rings (SSSR count). The van der Waals surface area contributed by atoms with E-state index in [9.17, 15) is 0 Å². The van der Waals surface area contributed by atoms with E-state index >= 15 is 0 Å². The summed E-state index contributed by atoms with van der Waals surface area (Å²) in [5.41, 5.74) is 2.48. The fraction of sp³-hybridized carbons (Fsp3) is 0.471. The minimum absolute atomic E-state index is 0.547. The molecule has 1 aromatic carbocycles. The highest BCUT2D eigenvalue weighted by molar-refractivity contribution is 5.78. The van der Waals surface area contributed by atoms with Gasteiger partial charge >= 0.3 is 0 Å². The van der Waals surface area contributed by atoms with Gasteiger partial charge in [-0.05, 0) is 50.9 Å². The Labute approximate surface area is 115 Å². The lowest BCUT2D eigenvalue weighted by Crippen LogP contribution is -2.38. The van der Waals surface area contributed by atoms with Crippen molar-refractivity contribution in [2.75, 3.05) is 6.54 Å². The quantitative estimate of drug-likeness (QED) is 0.799. The highest BCUT2D eigenvalue weighted by atomic mass is 15.2. The number of pyridine rings is 1. The highest BCUT2D eigenvalue weighted by Gasteiger charge is 2.26. The van der Waals surface area contributed by atoms with Crippen molar-refractivity contribution >= 4 is 10.9 Å².